The second-order valence-corrected chi connectivity index (χ2v) is 6.14. The molecule has 124 valence electrons. The molecule has 2 N–H and O–H groups in total. The molecule has 3 rings (SSSR count). The fourth-order valence-electron chi connectivity index (χ4n) is 2.97. The first-order valence-corrected chi connectivity index (χ1v) is 7.88. The first kappa shape index (κ1) is 16.1. The third-order valence-corrected chi connectivity index (χ3v) is 4.56. The van der Waals surface area contributed by atoms with Crippen molar-refractivity contribution in [1.82, 2.24) is 9.55 Å². The molecule has 0 radical (unpaired) electrons. The van der Waals surface area contributed by atoms with E-state index in [2.05, 4.69) is 36.3 Å². The van der Waals surface area contributed by atoms with E-state index in [0.717, 1.165) is 22.5 Å². The molecule has 3 aromatic rings. The molecule has 0 atom stereocenters. The number of carboxylic acid groups (broad SMARTS) is 1. The van der Waals surface area contributed by atoms with E-state index in [9.17, 15) is 9.90 Å². The Morgan fingerprint density at radius 3 is 2.50 bits per heavy atom. The molecule has 0 fully saturated rings. The summed E-state index contributed by atoms with van der Waals surface area (Å²) in [4.78, 5) is 16.0. The van der Waals surface area contributed by atoms with E-state index in [1.54, 1.807) is 12.1 Å². The van der Waals surface area contributed by atoms with Crippen LogP contribution in [0.2, 0.25) is 0 Å². The Hall–Kier alpha value is -2.82. The number of rotatable bonds is 4. The molecule has 0 saturated carbocycles. The average Bonchev–Trinajstić information content (AvgIpc) is 2.82. The van der Waals surface area contributed by atoms with Gasteiger partial charge in [-0.1, -0.05) is 18.2 Å². The zero-order valence-corrected chi connectivity index (χ0v) is 14.3. The van der Waals surface area contributed by atoms with E-state index in [1.165, 1.54) is 16.7 Å². The van der Waals surface area contributed by atoms with Gasteiger partial charge in [0.25, 0.3) is 0 Å². The summed E-state index contributed by atoms with van der Waals surface area (Å²) in [7, 11) is 1.89. The minimum atomic E-state index is -0.939. The molecule has 1 heterocycles. The zero-order chi connectivity index (χ0) is 17.4. The van der Waals surface area contributed by atoms with Crippen LogP contribution in [0.1, 0.15) is 32.9 Å². The maximum atomic E-state index is 11.4. The number of aryl methyl sites for hydroxylation is 4. The highest BCUT2D eigenvalue weighted by Gasteiger charge is 2.14. The maximum absolute atomic E-state index is 11.4. The topological polar surface area (TPSA) is 67.2 Å². The number of hydrogen-bond donors (Lipinski definition) is 2. The normalized spacial score (nSPS) is 11.0. The van der Waals surface area contributed by atoms with Crippen LogP contribution in [0, 0.1) is 20.8 Å². The predicted octanol–water partition coefficient (Wildman–Crippen LogP) is 3.81. The standard InChI is InChI=1S/C19H21N3O2/c1-11-6-5-7-12(2)15(11)10-20-16-8-14(19(23)24)9-17-18(16)21-13(3)22(17)4/h5-9,20H,10H2,1-4H3,(H,23,24). The van der Waals surface area contributed by atoms with Gasteiger partial charge in [-0.15, -0.1) is 0 Å². The Morgan fingerprint density at radius 2 is 1.88 bits per heavy atom. The van der Waals surface area contributed by atoms with Crippen LogP contribution in [0.5, 0.6) is 0 Å². The predicted molar refractivity (Wildman–Crippen MR) is 95.7 cm³/mol. The van der Waals surface area contributed by atoms with E-state index >= 15 is 0 Å². The fraction of sp³-hybridized carbons (Fsp3) is 0.263. The summed E-state index contributed by atoms with van der Waals surface area (Å²) in [5.74, 6) is -0.0893. The lowest BCUT2D eigenvalue weighted by molar-refractivity contribution is 0.0697. The SMILES string of the molecule is Cc1cccc(C)c1CNc1cc(C(=O)O)cc2c1nc(C)n2C. The van der Waals surface area contributed by atoms with Crippen LogP contribution in [0.4, 0.5) is 5.69 Å². The molecule has 0 amide bonds. The van der Waals surface area contributed by atoms with Gasteiger partial charge in [0.1, 0.15) is 11.3 Å². The van der Waals surface area contributed by atoms with E-state index in [-0.39, 0.29) is 5.56 Å². The summed E-state index contributed by atoms with van der Waals surface area (Å²) in [5.41, 5.74) is 6.27. The number of aromatic carboxylic acids is 1. The van der Waals surface area contributed by atoms with Crippen molar-refractivity contribution in [2.75, 3.05) is 5.32 Å². The lowest BCUT2D eigenvalue weighted by Gasteiger charge is -2.13. The Balaban J connectivity index is 2.05. The monoisotopic (exact) mass is 323 g/mol. The van der Waals surface area contributed by atoms with E-state index < -0.39 is 5.97 Å². The number of carboxylic acids is 1. The molecule has 5 nitrogen and oxygen atoms in total. The lowest BCUT2D eigenvalue weighted by Crippen LogP contribution is -2.06. The van der Waals surface area contributed by atoms with Crippen LogP contribution >= 0.6 is 0 Å². The minimum Gasteiger partial charge on any atom is -0.478 e. The van der Waals surface area contributed by atoms with Crippen molar-refractivity contribution in [2.24, 2.45) is 7.05 Å². The summed E-state index contributed by atoms with van der Waals surface area (Å²) >= 11 is 0. The van der Waals surface area contributed by atoms with Gasteiger partial charge >= 0.3 is 5.97 Å². The number of carbonyl (C=O) groups is 1. The molecule has 0 aliphatic carbocycles. The minimum absolute atomic E-state index is 0.259. The summed E-state index contributed by atoms with van der Waals surface area (Å²) in [6, 6.07) is 9.53. The number of nitrogens with one attached hydrogen (secondary N) is 1. The lowest BCUT2D eigenvalue weighted by atomic mass is 10.0. The molecule has 0 bridgehead atoms. The van der Waals surface area contributed by atoms with E-state index in [4.69, 9.17) is 0 Å². The van der Waals surface area contributed by atoms with Crippen LogP contribution in [-0.4, -0.2) is 20.6 Å². The molecule has 0 unspecified atom stereocenters. The number of imidazole rings is 1. The van der Waals surface area contributed by atoms with Crippen LogP contribution in [0.25, 0.3) is 11.0 Å². The third-order valence-electron chi connectivity index (χ3n) is 4.56. The van der Waals surface area contributed by atoms with E-state index in [1.807, 2.05) is 24.6 Å². The van der Waals surface area contributed by atoms with Crippen LogP contribution < -0.4 is 5.32 Å². The van der Waals surface area contributed by atoms with Gasteiger partial charge in [0.15, 0.2) is 0 Å². The molecular weight excluding hydrogens is 302 g/mol. The Labute approximate surface area is 141 Å². The molecule has 0 saturated heterocycles. The van der Waals surface area contributed by atoms with Crippen molar-refractivity contribution in [3.63, 3.8) is 0 Å². The smallest absolute Gasteiger partial charge is 0.335 e. The van der Waals surface area contributed by atoms with Crippen molar-refractivity contribution < 1.29 is 9.90 Å². The Kier molecular flexibility index (Phi) is 4.01. The van der Waals surface area contributed by atoms with Crippen LogP contribution in [0.15, 0.2) is 30.3 Å². The molecule has 0 aliphatic heterocycles. The van der Waals surface area contributed by atoms with Gasteiger partial charge in [-0.25, -0.2) is 9.78 Å². The van der Waals surface area contributed by atoms with Crippen molar-refractivity contribution in [1.29, 1.82) is 0 Å². The number of benzene rings is 2. The van der Waals surface area contributed by atoms with Gasteiger partial charge in [0, 0.05) is 13.6 Å². The Bertz CT molecular complexity index is 921. The second kappa shape index (κ2) is 6.00. The fourth-order valence-corrected chi connectivity index (χ4v) is 2.97. The molecule has 0 spiro atoms. The van der Waals surface area contributed by atoms with Gasteiger partial charge in [0.2, 0.25) is 0 Å². The van der Waals surface area contributed by atoms with Crippen LogP contribution in [-0.2, 0) is 13.6 Å². The molecule has 24 heavy (non-hydrogen) atoms. The molecule has 1 aromatic heterocycles. The summed E-state index contributed by atoms with van der Waals surface area (Å²) in [6.07, 6.45) is 0. The summed E-state index contributed by atoms with van der Waals surface area (Å²) in [6.45, 7) is 6.71. The third kappa shape index (κ3) is 2.73. The van der Waals surface area contributed by atoms with Gasteiger partial charge < -0.3 is 15.0 Å². The second-order valence-electron chi connectivity index (χ2n) is 6.14. The number of aromatic nitrogens is 2. The van der Waals surface area contributed by atoms with Gasteiger partial charge in [-0.3, -0.25) is 0 Å². The van der Waals surface area contributed by atoms with Crippen molar-refractivity contribution >= 4 is 22.7 Å². The molecule has 5 heteroatoms. The largest absolute Gasteiger partial charge is 0.478 e. The summed E-state index contributed by atoms with van der Waals surface area (Å²) < 4.78 is 1.91. The van der Waals surface area contributed by atoms with Gasteiger partial charge in [-0.05, 0) is 49.6 Å². The van der Waals surface area contributed by atoms with Crippen molar-refractivity contribution in [3.8, 4) is 0 Å². The highest BCUT2D eigenvalue weighted by molar-refractivity contribution is 5.98. The number of nitrogens with zero attached hydrogens (tertiary/aromatic N) is 2. The summed E-state index contributed by atoms with van der Waals surface area (Å²) in [5, 5.41) is 12.8. The van der Waals surface area contributed by atoms with Crippen LogP contribution in [0.3, 0.4) is 0 Å². The molecular formula is C19H21N3O2. The first-order valence-electron chi connectivity index (χ1n) is 7.88. The number of anilines is 1. The number of hydrogen-bond acceptors (Lipinski definition) is 3. The first-order chi connectivity index (χ1) is 11.4. The molecule has 2 aromatic carbocycles. The van der Waals surface area contributed by atoms with E-state index in [0.29, 0.717) is 6.54 Å². The number of fused-ring (bicyclic) bond motifs is 1. The van der Waals surface area contributed by atoms with Crippen molar-refractivity contribution in [3.05, 3.63) is 58.4 Å². The Morgan fingerprint density at radius 1 is 1.21 bits per heavy atom. The average molecular weight is 323 g/mol. The van der Waals surface area contributed by atoms with Crippen molar-refractivity contribution in [2.45, 2.75) is 27.3 Å². The van der Waals surface area contributed by atoms with Gasteiger partial charge in [0.05, 0.1) is 16.8 Å². The highest BCUT2D eigenvalue weighted by atomic mass is 16.4. The highest BCUT2D eigenvalue weighted by Crippen LogP contribution is 2.27. The zero-order valence-electron chi connectivity index (χ0n) is 14.3. The maximum Gasteiger partial charge on any atom is 0.335 e. The quantitative estimate of drug-likeness (QED) is 0.766. The molecule has 0 aliphatic rings. The van der Waals surface area contributed by atoms with Gasteiger partial charge in [-0.2, -0.15) is 0 Å².